The van der Waals surface area contributed by atoms with E-state index in [1.807, 2.05) is 0 Å². The smallest absolute Gasteiger partial charge is 0.307 e. The van der Waals surface area contributed by atoms with Crippen molar-refractivity contribution < 1.29 is 19.4 Å². The summed E-state index contributed by atoms with van der Waals surface area (Å²) in [5.41, 5.74) is 0.599. The first-order valence-electron chi connectivity index (χ1n) is 5.36. The first-order chi connectivity index (χ1) is 8.67. The van der Waals surface area contributed by atoms with E-state index in [1.54, 1.807) is 24.5 Å². The lowest BCUT2D eigenvalue weighted by Crippen LogP contribution is -2.04. The summed E-state index contributed by atoms with van der Waals surface area (Å²) >= 11 is 0. The van der Waals surface area contributed by atoms with Crippen molar-refractivity contribution in [3.63, 3.8) is 0 Å². The molecule has 1 aromatic carbocycles. The van der Waals surface area contributed by atoms with Crippen LogP contribution in [-0.2, 0) is 11.2 Å². The Balaban J connectivity index is 2.77. The van der Waals surface area contributed by atoms with E-state index in [0.717, 1.165) is 10.8 Å². The Hall–Kier alpha value is -2.30. The van der Waals surface area contributed by atoms with E-state index in [1.165, 1.54) is 14.2 Å². The summed E-state index contributed by atoms with van der Waals surface area (Å²) in [6, 6.07) is 3.56. The molecule has 0 atom stereocenters. The Bertz CT molecular complexity index is 595. The molecule has 1 heterocycles. The first kappa shape index (κ1) is 12.2. The Kier molecular flexibility index (Phi) is 3.32. The van der Waals surface area contributed by atoms with E-state index in [0.29, 0.717) is 17.1 Å². The number of aromatic nitrogens is 1. The van der Waals surface area contributed by atoms with Gasteiger partial charge in [-0.15, -0.1) is 0 Å². The predicted molar refractivity (Wildman–Crippen MR) is 66.2 cm³/mol. The monoisotopic (exact) mass is 247 g/mol. The topological polar surface area (TPSA) is 68.7 Å². The lowest BCUT2D eigenvalue weighted by Gasteiger charge is -2.14. The number of carbonyl (C=O) groups is 1. The lowest BCUT2D eigenvalue weighted by molar-refractivity contribution is -0.136. The van der Waals surface area contributed by atoms with Crippen molar-refractivity contribution in [3.8, 4) is 11.5 Å². The lowest BCUT2D eigenvalue weighted by atomic mass is 10.0. The van der Waals surface area contributed by atoms with Gasteiger partial charge < -0.3 is 14.6 Å². The van der Waals surface area contributed by atoms with Gasteiger partial charge in [0.1, 0.15) is 0 Å². The van der Waals surface area contributed by atoms with Gasteiger partial charge in [-0.25, -0.2) is 0 Å². The maximum atomic E-state index is 11.0. The highest BCUT2D eigenvalue weighted by Gasteiger charge is 2.17. The van der Waals surface area contributed by atoms with Gasteiger partial charge in [0.15, 0.2) is 11.5 Å². The van der Waals surface area contributed by atoms with E-state index in [9.17, 15) is 4.79 Å². The molecule has 1 N–H and O–H groups in total. The van der Waals surface area contributed by atoms with Gasteiger partial charge in [0.25, 0.3) is 0 Å². The highest BCUT2D eigenvalue weighted by molar-refractivity contribution is 5.92. The van der Waals surface area contributed by atoms with Gasteiger partial charge >= 0.3 is 5.97 Å². The van der Waals surface area contributed by atoms with Crippen LogP contribution in [0.25, 0.3) is 10.8 Å². The summed E-state index contributed by atoms with van der Waals surface area (Å²) < 4.78 is 10.5. The zero-order valence-electron chi connectivity index (χ0n) is 10.1. The molecule has 0 amide bonds. The van der Waals surface area contributed by atoms with Crippen molar-refractivity contribution in [1.82, 2.24) is 4.98 Å². The van der Waals surface area contributed by atoms with Gasteiger partial charge in [-0.05, 0) is 17.5 Å². The number of pyridine rings is 1. The van der Waals surface area contributed by atoms with Gasteiger partial charge in [-0.1, -0.05) is 0 Å². The van der Waals surface area contributed by atoms with Gasteiger partial charge in [-0.2, -0.15) is 0 Å². The summed E-state index contributed by atoms with van der Waals surface area (Å²) in [5, 5.41) is 10.6. The van der Waals surface area contributed by atoms with Crippen molar-refractivity contribution in [2.24, 2.45) is 0 Å². The molecule has 5 nitrogen and oxygen atoms in total. The largest absolute Gasteiger partial charge is 0.493 e. The van der Waals surface area contributed by atoms with Crippen LogP contribution in [-0.4, -0.2) is 30.3 Å². The third-order valence-corrected chi connectivity index (χ3v) is 2.71. The minimum atomic E-state index is -0.917. The number of ether oxygens (including phenoxy) is 2. The molecule has 0 saturated heterocycles. The quantitative estimate of drug-likeness (QED) is 0.893. The molecule has 2 aromatic rings. The minimum absolute atomic E-state index is 0.124. The van der Waals surface area contributed by atoms with E-state index in [-0.39, 0.29) is 6.42 Å². The molecule has 0 aliphatic carbocycles. The van der Waals surface area contributed by atoms with Crippen LogP contribution >= 0.6 is 0 Å². The van der Waals surface area contributed by atoms with Crippen molar-refractivity contribution >= 4 is 16.7 Å². The normalized spacial score (nSPS) is 10.3. The number of benzene rings is 1. The second kappa shape index (κ2) is 4.91. The molecule has 2 rings (SSSR count). The number of methoxy groups -OCH3 is 2. The summed E-state index contributed by atoms with van der Waals surface area (Å²) in [7, 11) is 3.01. The molecule has 18 heavy (non-hydrogen) atoms. The van der Waals surface area contributed by atoms with Crippen molar-refractivity contribution in [2.45, 2.75) is 6.42 Å². The predicted octanol–water partition coefficient (Wildman–Crippen LogP) is 1.88. The van der Waals surface area contributed by atoms with Crippen LogP contribution in [0.4, 0.5) is 0 Å². The van der Waals surface area contributed by atoms with Gasteiger partial charge in [0.2, 0.25) is 0 Å². The molecule has 94 valence electrons. The van der Waals surface area contributed by atoms with Gasteiger partial charge in [0.05, 0.1) is 20.6 Å². The molecule has 0 aliphatic heterocycles. The Labute approximate surface area is 104 Å². The molecule has 0 aliphatic rings. The molecule has 0 bridgehead atoms. The minimum Gasteiger partial charge on any atom is -0.493 e. The number of rotatable bonds is 4. The third-order valence-electron chi connectivity index (χ3n) is 2.71. The molecule has 0 unspecified atom stereocenters. The molecular weight excluding hydrogens is 234 g/mol. The van der Waals surface area contributed by atoms with Crippen LogP contribution in [0.5, 0.6) is 11.5 Å². The molecule has 5 heteroatoms. The first-order valence-corrected chi connectivity index (χ1v) is 5.36. The second-order valence-electron chi connectivity index (χ2n) is 3.76. The van der Waals surface area contributed by atoms with E-state index in [4.69, 9.17) is 14.6 Å². The van der Waals surface area contributed by atoms with E-state index in [2.05, 4.69) is 4.98 Å². The number of hydrogen-bond acceptors (Lipinski definition) is 4. The standard InChI is InChI=1S/C13H13NO4/c1-17-11-5-8-7-14-4-3-9(8)10(6-12(15)16)13(11)18-2/h3-5,7H,6H2,1-2H3,(H,15,16). The molecule has 0 fully saturated rings. The summed E-state index contributed by atoms with van der Waals surface area (Å²) in [5.74, 6) is 0.0486. The number of nitrogens with zero attached hydrogens (tertiary/aromatic N) is 1. The van der Waals surface area contributed by atoms with Crippen LogP contribution in [0.2, 0.25) is 0 Å². The van der Waals surface area contributed by atoms with Crippen molar-refractivity contribution in [1.29, 1.82) is 0 Å². The maximum Gasteiger partial charge on any atom is 0.307 e. The molecular formula is C13H13NO4. The molecule has 0 saturated carbocycles. The summed E-state index contributed by atoms with van der Waals surface area (Å²) in [6.07, 6.45) is 3.17. The van der Waals surface area contributed by atoms with Crippen LogP contribution in [0.15, 0.2) is 24.5 Å². The van der Waals surface area contributed by atoms with Crippen LogP contribution < -0.4 is 9.47 Å². The number of carboxylic acids is 1. The third kappa shape index (κ3) is 2.07. The van der Waals surface area contributed by atoms with Gasteiger partial charge in [0, 0.05) is 23.3 Å². The number of aliphatic carboxylic acids is 1. The Morgan fingerprint density at radius 3 is 2.78 bits per heavy atom. The average Bonchev–Trinajstić information content (AvgIpc) is 2.37. The summed E-state index contributed by atoms with van der Waals surface area (Å²) in [6.45, 7) is 0. The van der Waals surface area contributed by atoms with Crippen molar-refractivity contribution in [3.05, 3.63) is 30.1 Å². The fraction of sp³-hybridized carbons (Fsp3) is 0.231. The van der Waals surface area contributed by atoms with Crippen LogP contribution in [0.1, 0.15) is 5.56 Å². The SMILES string of the molecule is COc1cc2cnccc2c(CC(=O)O)c1OC. The second-order valence-corrected chi connectivity index (χ2v) is 3.76. The fourth-order valence-corrected chi connectivity index (χ4v) is 1.98. The van der Waals surface area contributed by atoms with Crippen LogP contribution in [0.3, 0.4) is 0 Å². The average molecular weight is 247 g/mol. The molecule has 1 aromatic heterocycles. The van der Waals surface area contributed by atoms with Crippen LogP contribution in [0, 0.1) is 0 Å². The van der Waals surface area contributed by atoms with E-state index >= 15 is 0 Å². The molecule has 0 spiro atoms. The highest BCUT2D eigenvalue weighted by atomic mass is 16.5. The van der Waals surface area contributed by atoms with E-state index < -0.39 is 5.97 Å². The Morgan fingerprint density at radius 1 is 1.39 bits per heavy atom. The Morgan fingerprint density at radius 2 is 2.17 bits per heavy atom. The maximum absolute atomic E-state index is 11.0. The highest BCUT2D eigenvalue weighted by Crippen LogP contribution is 2.37. The zero-order chi connectivity index (χ0) is 13.1. The zero-order valence-corrected chi connectivity index (χ0v) is 10.1. The summed E-state index contributed by atoms with van der Waals surface area (Å²) in [4.78, 5) is 15.0. The number of fused-ring (bicyclic) bond motifs is 1. The van der Waals surface area contributed by atoms with Crippen molar-refractivity contribution in [2.75, 3.05) is 14.2 Å². The van der Waals surface area contributed by atoms with Gasteiger partial charge in [-0.3, -0.25) is 9.78 Å². The molecule has 0 radical (unpaired) electrons. The number of hydrogen-bond donors (Lipinski definition) is 1. The number of carboxylic acid groups (broad SMARTS) is 1. The fourth-order valence-electron chi connectivity index (χ4n) is 1.98.